The second kappa shape index (κ2) is 10.3. The SMILES string of the molecule is c1ccc(-c2cccc(-n3c4cccc5c4c4c3cccc4n5-c3ccc4c(c3)c3ccccc3n4-c3cccc4c3oc3ccccc34)c2)cc1. The molecule has 0 spiro atoms. The highest BCUT2D eigenvalue weighted by Crippen LogP contribution is 2.44. The summed E-state index contributed by atoms with van der Waals surface area (Å²) in [5, 5.41) is 7.26. The fourth-order valence-electron chi connectivity index (χ4n) is 8.85. The number of benzene rings is 8. The molecule has 4 aromatic heterocycles. The van der Waals surface area contributed by atoms with E-state index in [0.29, 0.717) is 0 Å². The molecule has 0 bridgehead atoms. The maximum absolute atomic E-state index is 6.54. The number of hydrogen-bond donors (Lipinski definition) is 0. The first-order valence-corrected chi connectivity index (χ1v) is 17.8. The molecular formula is C48H29N3O. The van der Waals surface area contributed by atoms with Crippen molar-refractivity contribution in [1.82, 2.24) is 13.7 Å². The Bertz CT molecular complexity index is 3290. The van der Waals surface area contributed by atoms with E-state index in [1.54, 1.807) is 0 Å². The maximum Gasteiger partial charge on any atom is 0.159 e. The number of fused-ring (bicyclic) bond motifs is 6. The van der Waals surface area contributed by atoms with Gasteiger partial charge in [-0.3, -0.25) is 0 Å². The van der Waals surface area contributed by atoms with Crippen molar-refractivity contribution >= 4 is 76.6 Å². The van der Waals surface area contributed by atoms with Gasteiger partial charge in [0, 0.05) is 43.7 Å². The fraction of sp³-hybridized carbons (Fsp3) is 0. The maximum atomic E-state index is 6.54. The molecule has 52 heavy (non-hydrogen) atoms. The number of nitrogens with zero attached hydrogens (tertiary/aromatic N) is 3. The Balaban J connectivity index is 1.09. The molecule has 0 saturated heterocycles. The summed E-state index contributed by atoms with van der Waals surface area (Å²) in [5.41, 5.74) is 14.7. The summed E-state index contributed by atoms with van der Waals surface area (Å²) in [6, 6.07) is 63.4. The van der Waals surface area contributed by atoms with E-state index in [4.69, 9.17) is 4.42 Å². The molecule has 0 atom stereocenters. The standard InChI is InChI=1S/C48H29N3O/c1-2-12-30(13-3-1)31-14-8-15-32(28-31)49-40-20-10-22-42-46(40)47-41(49)21-11-23-43(47)50(42)33-26-27-39-37(29-33)34-16-4-6-19-38(34)51(39)44-24-9-18-36-35-17-5-7-25-45(35)52-48(36)44/h1-29H. The van der Waals surface area contributed by atoms with Gasteiger partial charge in [-0.25, -0.2) is 0 Å². The average molecular weight is 664 g/mol. The van der Waals surface area contributed by atoms with Crippen molar-refractivity contribution in [2.45, 2.75) is 0 Å². The Morgan fingerprint density at radius 1 is 0.327 bits per heavy atom. The van der Waals surface area contributed by atoms with Crippen LogP contribution in [-0.4, -0.2) is 13.7 Å². The molecule has 0 radical (unpaired) electrons. The molecule has 0 aliphatic carbocycles. The number of rotatable bonds is 4. The number of hydrogen-bond acceptors (Lipinski definition) is 1. The zero-order chi connectivity index (χ0) is 33.9. The van der Waals surface area contributed by atoms with Gasteiger partial charge in [-0.05, 0) is 83.9 Å². The Labute approximate surface area is 297 Å². The highest BCUT2D eigenvalue weighted by molar-refractivity contribution is 6.25. The first-order chi connectivity index (χ1) is 25.8. The van der Waals surface area contributed by atoms with E-state index in [-0.39, 0.29) is 0 Å². The van der Waals surface area contributed by atoms with Crippen LogP contribution < -0.4 is 0 Å². The third-order valence-electron chi connectivity index (χ3n) is 11.0. The molecule has 12 rings (SSSR count). The van der Waals surface area contributed by atoms with Crippen molar-refractivity contribution in [1.29, 1.82) is 0 Å². The zero-order valence-corrected chi connectivity index (χ0v) is 28.0. The smallest absolute Gasteiger partial charge is 0.159 e. The Kier molecular flexibility index (Phi) is 5.47. The fourth-order valence-corrected chi connectivity index (χ4v) is 8.85. The lowest BCUT2D eigenvalue weighted by Crippen LogP contribution is -1.98. The summed E-state index contributed by atoms with van der Waals surface area (Å²) in [7, 11) is 0. The molecule has 4 heteroatoms. The van der Waals surface area contributed by atoms with Crippen LogP contribution in [0.1, 0.15) is 0 Å². The van der Waals surface area contributed by atoms with Crippen LogP contribution in [-0.2, 0) is 0 Å². The molecule has 0 aliphatic heterocycles. The molecule has 4 nitrogen and oxygen atoms in total. The van der Waals surface area contributed by atoms with Crippen LogP contribution in [0, 0.1) is 0 Å². The van der Waals surface area contributed by atoms with Crippen LogP contribution in [0.4, 0.5) is 0 Å². The second-order valence-electron chi connectivity index (χ2n) is 13.7. The highest BCUT2D eigenvalue weighted by Gasteiger charge is 2.23. The third-order valence-corrected chi connectivity index (χ3v) is 11.0. The molecule has 8 aromatic carbocycles. The Morgan fingerprint density at radius 2 is 0.885 bits per heavy atom. The molecule has 12 aromatic rings. The molecule has 4 heterocycles. The van der Waals surface area contributed by atoms with Gasteiger partial charge >= 0.3 is 0 Å². The minimum Gasteiger partial charge on any atom is -0.454 e. The normalized spacial score (nSPS) is 12.2. The molecule has 0 saturated carbocycles. The van der Waals surface area contributed by atoms with Gasteiger partial charge in [-0.15, -0.1) is 0 Å². The van der Waals surface area contributed by atoms with Gasteiger partial charge in [-0.1, -0.05) is 103 Å². The summed E-state index contributed by atoms with van der Waals surface area (Å²) in [6.45, 7) is 0. The monoisotopic (exact) mass is 663 g/mol. The first-order valence-electron chi connectivity index (χ1n) is 17.8. The highest BCUT2D eigenvalue weighted by atomic mass is 16.3. The quantitative estimate of drug-likeness (QED) is 0.184. The number of para-hydroxylation sites is 3. The van der Waals surface area contributed by atoms with Gasteiger partial charge in [0.05, 0.1) is 38.8 Å². The minimum atomic E-state index is 0.902. The van der Waals surface area contributed by atoms with E-state index < -0.39 is 0 Å². The molecule has 0 fully saturated rings. The largest absolute Gasteiger partial charge is 0.454 e. The van der Waals surface area contributed by atoms with Crippen LogP contribution in [0.5, 0.6) is 0 Å². The van der Waals surface area contributed by atoms with Crippen LogP contribution in [0.25, 0.3) is 105 Å². The van der Waals surface area contributed by atoms with Crippen molar-refractivity contribution in [3.63, 3.8) is 0 Å². The summed E-state index contributed by atoms with van der Waals surface area (Å²) < 4.78 is 13.8. The number of furan rings is 1. The molecule has 0 amide bonds. The van der Waals surface area contributed by atoms with E-state index in [1.165, 1.54) is 54.7 Å². The molecule has 242 valence electrons. The second-order valence-corrected chi connectivity index (χ2v) is 13.7. The summed E-state index contributed by atoms with van der Waals surface area (Å²) in [6.07, 6.45) is 0. The molecule has 0 unspecified atom stereocenters. The van der Waals surface area contributed by atoms with Crippen molar-refractivity contribution in [3.8, 4) is 28.2 Å². The van der Waals surface area contributed by atoms with Gasteiger partial charge in [0.25, 0.3) is 0 Å². The third kappa shape index (κ3) is 3.65. The van der Waals surface area contributed by atoms with Gasteiger partial charge in [0.15, 0.2) is 5.58 Å². The van der Waals surface area contributed by atoms with E-state index in [2.05, 4.69) is 184 Å². The predicted octanol–water partition coefficient (Wildman–Crippen LogP) is 12.8. The Morgan fingerprint density at radius 3 is 1.65 bits per heavy atom. The Hall–Kier alpha value is -7.04. The lowest BCUT2D eigenvalue weighted by atomic mass is 10.1. The molecular weight excluding hydrogens is 635 g/mol. The lowest BCUT2D eigenvalue weighted by Gasteiger charge is -2.14. The lowest BCUT2D eigenvalue weighted by molar-refractivity contribution is 0.666. The van der Waals surface area contributed by atoms with Crippen molar-refractivity contribution in [2.75, 3.05) is 0 Å². The van der Waals surface area contributed by atoms with E-state index in [9.17, 15) is 0 Å². The van der Waals surface area contributed by atoms with Crippen molar-refractivity contribution in [2.24, 2.45) is 0 Å². The zero-order valence-electron chi connectivity index (χ0n) is 28.0. The van der Waals surface area contributed by atoms with Crippen LogP contribution >= 0.6 is 0 Å². The van der Waals surface area contributed by atoms with E-state index >= 15 is 0 Å². The van der Waals surface area contributed by atoms with Gasteiger partial charge in [-0.2, -0.15) is 0 Å². The number of aromatic nitrogens is 3. The van der Waals surface area contributed by atoms with E-state index in [0.717, 1.165) is 50.0 Å². The first kappa shape index (κ1) is 27.7. The van der Waals surface area contributed by atoms with Gasteiger partial charge < -0.3 is 18.1 Å². The predicted molar refractivity (Wildman–Crippen MR) is 216 cm³/mol. The minimum absolute atomic E-state index is 0.902. The average Bonchev–Trinajstić information content (AvgIpc) is 3.95. The van der Waals surface area contributed by atoms with Crippen molar-refractivity contribution < 1.29 is 4.42 Å². The summed E-state index contributed by atoms with van der Waals surface area (Å²) in [5.74, 6) is 0. The van der Waals surface area contributed by atoms with Gasteiger partial charge in [0.1, 0.15) is 5.58 Å². The van der Waals surface area contributed by atoms with Crippen LogP contribution in [0.2, 0.25) is 0 Å². The van der Waals surface area contributed by atoms with Crippen molar-refractivity contribution in [3.05, 3.63) is 176 Å². The molecule has 0 N–H and O–H groups in total. The molecule has 0 aliphatic rings. The van der Waals surface area contributed by atoms with Crippen LogP contribution in [0.3, 0.4) is 0 Å². The van der Waals surface area contributed by atoms with E-state index in [1.807, 2.05) is 6.07 Å². The summed E-state index contributed by atoms with van der Waals surface area (Å²) >= 11 is 0. The van der Waals surface area contributed by atoms with Crippen LogP contribution in [0.15, 0.2) is 180 Å². The summed E-state index contributed by atoms with van der Waals surface area (Å²) in [4.78, 5) is 0. The topological polar surface area (TPSA) is 27.9 Å². The van der Waals surface area contributed by atoms with Gasteiger partial charge in [0.2, 0.25) is 0 Å².